The summed E-state index contributed by atoms with van der Waals surface area (Å²) in [6.07, 6.45) is 2.04. The first kappa shape index (κ1) is 17.7. The highest BCUT2D eigenvalue weighted by Crippen LogP contribution is 2.12. The summed E-state index contributed by atoms with van der Waals surface area (Å²) in [6.45, 7) is 7.34. The zero-order valence-electron chi connectivity index (χ0n) is 14.3. The molecule has 2 rings (SSSR count). The van der Waals surface area contributed by atoms with Gasteiger partial charge in [-0.2, -0.15) is 0 Å². The van der Waals surface area contributed by atoms with Crippen molar-refractivity contribution in [3.05, 3.63) is 71.3 Å². The summed E-state index contributed by atoms with van der Waals surface area (Å²) in [4.78, 5) is 0. The van der Waals surface area contributed by atoms with Gasteiger partial charge in [-0.25, -0.2) is 0 Å². The second kappa shape index (κ2) is 10.2. The minimum Gasteiger partial charge on any atom is -0.381 e. The highest BCUT2D eigenvalue weighted by molar-refractivity contribution is 5.22. The van der Waals surface area contributed by atoms with E-state index in [9.17, 15) is 0 Å². The molecular formula is C21H28O2. The fourth-order valence-corrected chi connectivity index (χ4v) is 2.57. The topological polar surface area (TPSA) is 18.5 Å². The molecule has 0 N–H and O–H groups in total. The van der Waals surface area contributed by atoms with Crippen LogP contribution in [-0.2, 0) is 28.9 Å². The first-order valence-corrected chi connectivity index (χ1v) is 8.55. The Labute approximate surface area is 140 Å². The Hall–Kier alpha value is -1.64. The van der Waals surface area contributed by atoms with Gasteiger partial charge in [0.1, 0.15) is 0 Å². The van der Waals surface area contributed by atoms with Crippen molar-refractivity contribution in [2.24, 2.45) is 5.92 Å². The van der Waals surface area contributed by atoms with E-state index in [0.717, 1.165) is 32.7 Å². The molecule has 0 saturated heterocycles. The minimum atomic E-state index is 0.531. The van der Waals surface area contributed by atoms with Crippen LogP contribution in [0.2, 0.25) is 0 Å². The molecule has 1 unspecified atom stereocenters. The van der Waals surface area contributed by atoms with E-state index in [4.69, 9.17) is 9.47 Å². The van der Waals surface area contributed by atoms with Crippen molar-refractivity contribution in [1.29, 1.82) is 0 Å². The van der Waals surface area contributed by atoms with Crippen molar-refractivity contribution >= 4 is 0 Å². The number of hydrogen-bond acceptors (Lipinski definition) is 2. The highest BCUT2D eigenvalue weighted by Gasteiger charge is 2.04. The van der Waals surface area contributed by atoms with E-state index in [1.807, 2.05) is 13.0 Å². The average molecular weight is 312 g/mol. The summed E-state index contributed by atoms with van der Waals surface area (Å²) in [5.74, 6) is 0.531. The molecule has 0 spiro atoms. The smallest absolute Gasteiger partial charge is 0.0716 e. The Morgan fingerprint density at radius 3 is 2.22 bits per heavy atom. The maximum Gasteiger partial charge on any atom is 0.0716 e. The van der Waals surface area contributed by atoms with Crippen LogP contribution < -0.4 is 0 Å². The third-order valence-electron chi connectivity index (χ3n) is 3.86. The Balaban J connectivity index is 1.65. The van der Waals surface area contributed by atoms with E-state index >= 15 is 0 Å². The van der Waals surface area contributed by atoms with E-state index in [0.29, 0.717) is 12.5 Å². The second-order valence-corrected chi connectivity index (χ2v) is 6.07. The monoisotopic (exact) mass is 312 g/mol. The molecule has 2 aromatic rings. The maximum atomic E-state index is 5.83. The van der Waals surface area contributed by atoms with Crippen molar-refractivity contribution in [2.45, 2.75) is 33.3 Å². The lowest BCUT2D eigenvalue weighted by molar-refractivity contribution is 0.107. The van der Waals surface area contributed by atoms with Crippen molar-refractivity contribution in [1.82, 2.24) is 0 Å². The van der Waals surface area contributed by atoms with Gasteiger partial charge in [-0.1, -0.05) is 61.5 Å². The van der Waals surface area contributed by atoms with E-state index in [-0.39, 0.29) is 0 Å². The molecule has 0 aliphatic carbocycles. The second-order valence-electron chi connectivity index (χ2n) is 6.07. The number of rotatable bonds is 10. The molecule has 124 valence electrons. The summed E-state index contributed by atoms with van der Waals surface area (Å²) in [7, 11) is 0. The number of benzene rings is 2. The Kier molecular flexibility index (Phi) is 7.85. The van der Waals surface area contributed by atoms with Crippen LogP contribution in [-0.4, -0.2) is 19.8 Å². The molecule has 0 heterocycles. The summed E-state index contributed by atoms with van der Waals surface area (Å²) in [5.41, 5.74) is 3.94. The molecular weight excluding hydrogens is 284 g/mol. The standard InChI is InChI=1S/C21H28O2/c1-3-22-17-21-11-9-20(10-12-21)15-18(2)16-23-14-13-19-7-5-4-6-8-19/h4-12,18H,3,13-17H2,1-2H3. The SMILES string of the molecule is CCOCc1ccc(CC(C)COCCc2ccccc2)cc1. The fourth-order valence-electron chi connectivity index (χ4n) is 2.57. The molecule has 0 saturated carbocycles. The molecule has 2 aromatic carbocycles. The van der Waals surface area contributed by atoms with Crippen LogP contribution in [0, 0.1) is 5.92 Å². The number of ether oxygens (including phenoxy) is 2. The summed E-state index contributed by atoms with van der Waals surface area (Å²) < 4.78 is 11.3. The summed E-state index contributed by atoms with van der Waals surface area (Å²) in [5, 5.41) is 0. The molecule has 0 amide bonds. The van der Waals surface area contributed by atoms with Gasteiger partial charge >= 0.3 is 0 Å². The molecule has 0 fully saturated rings. The Morgan fingerprint density at radius 2 is 1.52 bits per heavy atom. The lowest BCUT2D eigenvalue weighted by Crippen LogP contribution is -2.10. The highest BCUT2D eigenvalue weighted by atomic mass is 16.5. The summed E-state index contributed by atoms with van der Waals surface area (Å²) in [6, 6.07) is 19.2. The van der Waals surface area contributed by atoms with Gasteiger partial charge in [0, 0.05) is 13.2 Å². The van der Waals surface area contributed by atoms with Gasteiger partial charge in [-0.15, -0.1) is 0 Å². The van der Waals surface area contributed by atoms with E-state index in [2.05, 4.69) is 55.5 Å². The molecule has 23 heavy (non-hydrogen) atoms. The van der Waals surface area contributed by atoms with Crippen LogP contribution in [0.1, 0.15) is 30.5 Å². The molecule has 2 heteroatoms. The first-order chi connectivity index (χ1) is 11.3. The minimum absolute atomic E-state index is 0.531. The molecule has 0 aromatic heterocycles. The van der Waals surface area contributed by atoms with Gasteiger partial charge in [0.25, 0.3) is 0 Å². The molecule has 0 aliphatic rings. The van der Waals surface area contributed by atoms with Gasteiger partial charge in [-0.05, 0) is 42.4 Å². The zero-order chi connectivity index (χ0) is 16.3. The number of hydrogen-bond donors (Lipinski definition) is 0. The predicted octanol–water partition coefficient (Wildman–Crippen LogP) is 4.66. The van der Waals surface area contributed by atoms with Crippen molar-refractivity contribution < 1.29 is 9.47 Å². The average Bonchev–Trinajstić information content (AvgIpc) is 2.59. The largest absolute Gasteiger partial charge is 0.381 e. The van der Waals surface area contributed by atoms with Gasteiger partial charge in [0.05, 0.1) is 13.2 Å². The normalized spacial score (nSPS) is 12.3. The zero-order valence-corrected chi connectivity index (χ0v) is 14.3. The van der Waals surface area contributed by atoms with Crippen LogP contribution in [0.15, 0.2) is 54.6 Å². The van der Waals surface area contributed by atoms with Crippen LogP contribution in [0.3, 0.4) is 0 Å². The fraction of sp³-hybridized carbons (Fsp3) is 0.429. The predicted molar refractivity (Wildman–Crippen MR) is 95.6 cm³/mol. The van der Waals surface area contributed by atoms with Crippen molar-refractivity contribution in [3.8, 4) is 0 Å². The molecule has 0 radical (unpaired) electrons. The van der Waals surface area contributed by atoms with Crippen LogP contribution in [0.4, 0.5) is 0 Å². The van der Waals surface area contributed by atoms with Crippen LogP contribution in [0.25, 0.3) is 0 Å². The van der Waals surface area contributed by atoms with Gasteiger partial charge in [0.15, 0.2) is 0 Å². The third-order valence-corrected chi connectivity index (χ3v) is 3.86. The van der Waals surface area contributed by atoms with E-state index in [1.54, 1.807) is 0 Å². The van der Waals surface area contributed by atoms with E-state index in [1.165, 1.54) is 16.7 Å². The van der Waals surface area contributed by atoms with Gasteiger partial charge < -0.3 is 9.47 Å². The molecule has 0 aliphatic heterocycles. The lowest BCUT2D eigenvalue weighted by Gasteiger charge is -2.13. The molecule has 2 nitrogen and oxygen atoms in total. The van der Waals surface area contributed by atoms with Crippen LogP contribution >= 0.6 is 0 Å². The first-order valence-electron chi connectivity index (χ1n) is 8.55. The van der Waals surface area contributed by atoms with Crippen molar-refractivity contribution in [3.63, 3.8) is 0 Å². The molecule has 0 bridgehead atoms. The Bertz CT molecular complexity index is 534. The maximum absolute atomic E-state index is 5.83. The lowest BCUT2D eigenvalue weighted by atomic mass is 10.0. The van der Waals surface area contributed by atoms with Gasteiger partial charge in [-0.3, -0.25) is 0 Å². The Morgan fingerprint density at radius 1 is 0.826 bits per heavy atom. The molecule has 1 atom stereocenters. The van der Waals surface area contributed by atoms with Crippen LogP contribution in [0.5, 0.6) is 0 Å². The summed E-state index contributed by atoms with van der Waals surface area (Å²) >= 11 is 0. The quantitative estimate of drug-likeness (QED) is 0.594. The van der Waals surface area contributed by atoms with Gasteiger partial charge in [0.2, 0.25) is 0 Å². The van der Waals surface area contributed by atoms with Crippen molar-refractivity contribution in [2.75, 3.05) is 19.8 Å². The van der Waals surface area contributed by atoms with E-state index < -0.39 is 0 Å². The third kappa shape index (κ3) is 6.98.